The Morgan fingerprint density at radius 1 is 0.923 bits per heavy atom. The zero-order chi connectivity index (χ0) is 17.9. The predicted octanol–water partition coefficient (Wildman–Crippen LogP) is 4.22. The summed E-state index contributed by atoms with van der Waals surface area (Å²) >= 11 is 0. The highest BCUT2D eigenvalue weighted by Crippen LogP contribution is 2.37. The minimum Gasteiger partial charge on any atom is -0.465 e. The lowest BCUT2D eigenvalue weighted by Crippen LogP contribution is -2.35. The molecule has 4 rings (SSSR count). The average Bonchev–Trinajstić information content (AvgIpc) is 2.73. The highest BCUT2D eigenvalue weighted by molar-refractivity contribution is 6.05. The summed E-state index contributed by atoms with van der Waals surface area (Å²) < 4.78 is 4.83. The largest absolute Gasteiger partial charge is 0.465 e. The van der Waals surface area contributed by atoms with Crippen molar-refractivity contribution in [2.75, 3.05) is 12.1 Å². The number of esters is 1. The Bertz CT molecular complexity index is 969. The van der Waals surface area contributed by atoms with Gasteiger partial charge in [-0.15, -0.1) is 5.43 Å². The molecule has 5 nitrogen and oxygen atoms in total. The quantitative estimate of drug-likeness (QED) is 0.670. The predicted molar refractivity (Wildman–Crippen MR) is 101 cm³/mol. The first-order chi connectivity index (χ1) is 12.8. The molecule has 0 atom stereocenters. The summed E-state index contributed by atoms with van der Waals surface area (Å²) in [6.45, 7) is 0. The van der Waals surface area contributed by atoms with Crippen molar-refractivity contribution in [1.82, 2.24) is 5.43 Å². The van der Waals surface area contributed by atoms with Crippen LogP contribution in [0.5, 0.6) is 0 Å². The fraction of sp³-hybridized carbons (Fsp3) is 0.0476. The van der Waals surface area contributed by atoms with Gasteiger partial charge in [0.25, 0.3) is 0 Å². The standard InChI is InChI=1S/C21H16N3O2/c1-26-21(25)16-12-13-18-19(14-16)24(17-10-6-3-7-11-17)23-20(22-18)15-8-4-2-5-9-15/h2-14H,1H3. The van der Waals surface area contributed by atoms with Gasteiger partial charge in [-0.25, -0.2) is 14.8 Å². The van der Waals surface area contributed by atoms with Gasteiger partial charge in [0, 0.05) is 5.56 Å². The van der Waals surface area contributed by atoms with Gasteiger partial charge in [-0.05, 0) is 30.3 Å². The molecule has 0 amide bonds. The van der Waals surface area contributed by atoms with Gasteiger partial charge >= 0.3 is 5.97 Å². The molecule has 0 spiro atoms. The van der Waals surface area contributed by atoms with Crippen LogP contribution in [0.3, 0.4) is 0 Å². The molecule has 0 aliphatic carbocycles. The second kappa shape index (κ2) is 6.72. The van der Waals surface area contributed by atoms with Gasteiger partial charge < -0.3 is 4.74 Å². The second-order valence-electron chi connectivity index (χ2n) is 5.74. The van der Waals surface area contributed by atoms with Crippen LogP contribution in [0.2, 0.25) is 0 Å². The molecule has 0 N–H and O–H groups in total. The normalized spacial score (nSPS) is 12.7. The van der Waals surface area contributed by atoms with Gasteiger partial charge in [-0.3, -0.25) is 0 Å². The van der Waals surface area contributed by atoms with Crippen LogP contribution in [0, 0.1) is 0 Å². The topological polar surface area (TPSA) is 56.0 Å². The fourth-order valence-corrected chi connectivity index (χ4v) is 2.79. The summed E-state index contributed by atoms with van der Waals surface area (Å²) in [7, 11) is 1.37. The first kappa shape index (κ1) is 15.9. The van der Waals surface area contributed by atoms with Crippen molar-refractivity contribution in [2.24, 2.45) is 4.99 Å². The lowest BCUT2D eigenvalue weighted by atomic mass is 10.1. The van der Waals surface area contributed by atoms with Crippen molar-refractivity contribution in [3.05, 3.63) is 90.0 Å². The Balaban J connectivity index is 1.85. The molecule has 26 heavy (non-hydrogen) atoms. The molecule has 3 aromatic rings. The summed E-state index contributed by atoms with van der Waals surface area (Å²) in [4.78, 5) is 16.6. The number of rotatable bonds is 3. The van der Waals surface area contributed by atoms with Crippen LogP contribution in [0.25, 0.3) is 0 Å². The zero-order valence-electron chi connectivity index (χ0n) is 14.2. The summed E-state index contributed by atoms with van der Waals surface area (Å²) in [5, 5.41) is 1.80. The molecule has 0 saturated carbocycles. The number of methoxy groups -OCH3 is 1. The maximum absolute atomic E-state index is 11.9. The van der Waals surface area contributed by atoms with Crippen LogP contribution in [0.4, 0.5) is 17.1 Å². The molecule has 127 valence electrons. The van der Waals surface area contributed by atoms with E-state index in [1.54, 1.807) is 17.1 Å². The van der Waals surface area contributed by atoms with Crippen molar-refractivity contribution in [3.8, 4) is 0 Å². The van der Waals surface area contributed by atoms with Gasteiger partial charge in [0.1, 0.15) is 0 Å². The smallest absolute Gasteiger partial charge is 0.337 e. The van der Waals surface area contributed by atoms with E-state index in [0.717, 1.165) is 22.6 Å². The highest BCUT2D eigenvalue weighted by atomic mass is 16.5. The third kappa shape index (κ3) is 2.91. The monoisotopic (exact) mass is 342 g/mol. The molecule has 1 radical (unpaired) electrons. The van der Waals surface area contributed by atoms with Crippen molar-refractivity contribution in [1.29, 1.82) is 0 Å². The number of anilines is 2. The van der Waals surface area contributed by atoms with E-state index in [2.05, 4.69) is 4.99 Å². The molecule has 1 aliphatic rings. The number of hydrogen-bond acceptors (Lipinski definition) is 4. The van der Waals surface area contributed by atoms with Gasteiger partial charge in [0.15, 0.2) is 5.84 Å². The Hall–Kier alpha value is -3.60. The van der Waals surface area contributed by atoms with Crippen molar-refractivity contribution in [3.63, 3.8) is 0 Å². The Kier molecular flexibility index (Phi) is 4.11. The number of fused-ring (bicyclic) bond motifs is 1. The summed E-state index contributed by atoms with van der Waals surface area (Å²) in [6.07, 6.45) is 0. The van der Waals surface area contributed by atoms with E-state index in [1.807, 2.05) is 66.7 Å². The van der Waals surface area contributed by atoms with Gasteiger partial charge in [-0.1, -0.05) is 48.5 Å². The average molecular weight is 342 g/mol. The summed E-state index contributed by atoms with van der Waals surface area (Å²) in [6, 6.07) is 24.9. The summed E-state index contributed by atoms with van der Waals surface area (Å²) in [5.41, 5.74) is 8.48. The van der Waals surface area contributed by atoms with Gasteiger partial charge in [0.2, 0.25) is 0 Å². The number of ether oxygens (including phenoxy) is 1. The Labute approximate surface area is 151 Å². The number of carbonyl (C=O) groups is 1. The number of aliphatic imine (C=N–C) groups is 1. The SMILES string of the molecule is COC(=O)c1ccc2c(c1)N(c1ccccc1)[N]C(c1ccccc1)=N2. The van der Waals surface area contributed by atoms with E-state index < -0.39 is 5.97 Å². The second-order valence-corrected chi connectivity index (χ2v) is 5.74. The van der Waals surface area contributed by atoms with Gasteiger partial charge in [-0.2, -0.15) is 0 Å². The number of benzene rings is 3. The molecule has 0 unspecified atom stereocenters. The third-order valence-corrected chi connectivity index (χ3v) is 4.08. The molecule has 3 aromatic carbocycles. The van der Waals surface area contributed by atoms with Crippen LogP contribution in [-0.2, 0) is 4.74 Å². The van der Waals surface area contributed by atoms with E-state index in [0.29, 0.717) is 11.4 Å². The summed E-state index contributed by atoms with van der Waals surface area (Å²) in [5.74, 6) is 0.228. The van der Waals surface area contributed by atoms with Crippen molar-refractivity contribution >= 4 is 28.9 Å². The molecule has 0 aromatic heterocycles. The van der Waals surface area contributed by atoms with Gasteiger partial charge in [0.05, 0.1) is 29.7 Å². The fourth-order valence-electron chi connectivity index (χ4n) is 2.79. The maximum atomic E-state index is 11.9. The molecular formula is C21H16N3O2. The first-order valence-corrected chi connectivity index (χ1v) is 8.19. The molecule has 5 heteroatoms. The maximum Gasteiger partial charge on any atom is 0.337 e. The number of hydrogen-bond donors (Lipinski definition) is 0. The van der Waals surface area contributed by atoms with E-state index in [4.69, 9.17) is 10.2 Å². The minimum atomic E-state index is -0.390. The minimum absolute atomic E-state index is 0.390. The number of carbonyl (C=O) groups excluding carboxylic acids is 1. The van der Waals surface area contributed by atoms with E-state index in [1.165, 1.54) is 7.11 Å². The molecule has 1 heterocycles. The first-order valence-electron chi connectivity index (χ1n) is 8.19. The highest BCUT2D eigenvalue weighted by Gasteiger charge is 2.24. The van der Waals surface area contributed by atoms with E-state index >= 15 is 0 Å². The lowest BCUT2D eigenvalue weighted by molar-refractivity contribution is 0.0601. The Morgan fingerprint density at radius 2 is 1.62 bits per heavy atom. The molecule has 0 saturated heterocycles. The van der Waals surface area contributed by atoms with Crippen LogP contribution in [0.1, 0.15) is 15.9 Å². The van der Waals surface area contributed by atoms with Crippen LogP contribution >= 0.6 is 0 Å². The number of amidine groups is 1. The molecule has 1 aliphatic heterocycles. The lowest BCUT2D eigenvalue weighted by Gasteiger charge is -2.29. The van der Waals surface area contributed by atoms with Crippen molar-refractivity contribution in [2.45, 2.75) is 0 Å². The molecular weight excluding hydrogens is 326 g/mol. The number of para-hydroxylation sites is 1. The molecule has 0 fully saturated rings. The van der Waals surface area contributed by atoms with E-state index in [9.17, 15) is 4.79 Å². The van der Waals surface area contributed by atoms with Crippen LogP contribution < -0.4 is 10.4 Å². The van der Waals surface area contributed by atoms with E-state index in [-0.39, 0.29) is 0 Å². The van der Waals surface area contributed by atoms with Crippen molar-refractivity contribution < 1.29 is 9.53 Å². The third-order valence-electron chi connectivity index (χ3n) is 4.08. The molecule has 0 bridgehead atoms. The van der Waals surface area contributed by atoms with Crippen LogP contribution in [0.15, 0.2) is 83.9 Å². The van der Waals surface area contributed by atoms with Crippen LogP contribution in [-0.4, -0.2) is 18.9 Å². The zero-order valence-corrected chi connectivity index (χ0v) is 14.2. The number of nitrogens with zero attached hydrogens (tertiary/aromatic N) is 3. The Morgan fingerprint density at radius 3 is 2.31 bits per heavy atom.